The molecule has 0 aliphatic carbocycles. The molecule has 0 radical (unpaired) electrons. The number of hydrogen-bond donors (Lipinski definition) is 0. The maximum Gasteiger partial charge on any atom is 0.243 e. The molecule has 0 aliphatic rings. The molecule has 0 fully saturated rings. The molecule has 0 spiro atoms. The first-order valence-electron chi connectivity index (χ1n) is 8.40. The number of hydrogen-bond acceptors (Lipinski definition) is 4. The fraction of sp³-hybridized carbons (Fsp3) is 0.421. The van der Waals surface area contributed by atoms with Gasteiger partial charge in [-0.1, -0.05) is 32.0 Å². The minimum atomic E-state index is -3.59. The zero-order valence-corrected chi connectivity index (χ0v) is 15.9. The predicted octanol–water partition coefficient (Wildman–Crippen LogP) is 3.12. The second-order valence-electron chi connectivity index (χ2n) is 6.43. The van der Waals surface area contributed by atoms with E-state index in [9.17, 15) is 8.42 Å². The van der Waals surface area contributed by atoms with Gasteiger partial charge >= 0.3 is 0 Å². The van der Waals surface area contributed by atoms with Gasteiger partial charge in [-0.3, -0.25) is 4.98 Å². The first-order valence-corrected chi connectivity index (χ1v) is 9.84. The van der Waals surface area contributed by atoms with E-state index >= 15 is 0 Å². The van der Waals surface area contributed by atoms with Gasteiger partial charge in [-0.15, -0.1) is 0 Å². The molecule has 0 unspecified atom stereocenters. The highest BCUT2D eigenvalue weighted by Gasteiger charge is 2.24. The summed E-state index contributed by atoms with van der Waals surface area (Å²) in [6, 6.07) is 10.8. The van der Waals surface area contributed by atoms with E-state index in [0.29, 0.717) is 24.0 Å². The van der Waals surface area contributed by atoms with Gasteiger partial charge in [0.1, 0.15) is 0 Å². The zero-order chi connectivity index (χ0) is 18.3. The average Bonchev–Trinajstić information content (AvgIpc) is 2.59. The van der Waals surface area contributed by atoms with Gasteiger partial charge in [0, 0.05) is 32.6 Å². The summed E-state index contributed by atoms with van der Waals surface area (Å²) in [4.78, 5) is 4.36. The summed E-state index contributed by atoms with van der Waals surface area (Å²) >= 11 is 0. The van der Waals surface area contributed by atoms with E-state index in [4.69, 9.17) is 4.74 Å². The van der Waals surface area contributed by atoms with Crippen LogP contribution in [-0.2, 0) is 27.7 Å². The average molecular weight is 362 g/mol. The minimum Gasteiger partial charge on any atom is -0.383 e. The molecule has 2 rings (SSSR count). The summed E-state index contributed by atoms with van der Waals surface area (Å²) in [6.45, 7) is 5.19. The van der Waals surface area contributed by atoms with Crippen molar-refractivity contribution in [2.45, 2.75) is 31.7 Å². The van der Waals surface area contributed by atoms with Crippen molar-refractivity contribution >= 4 is 10.0 Å². The summed E-state index contributed by atoms with van der Waals surface area (Å²) in [5.74, 6) is 0.534. The summed E-state index contributed by atoms with van der Waals surface area (Å²) in [5.41, 5.74) is 1.99. The van der Waals surface area contributed by atoms with Gasteiger partial charge < -0.3 is 4.74 Å². The van der Waals surface area contributed by atoms with Crippen molar-refractivity contribution in [1.82, 2.24) is 9.29 Å². The van der Waals surface area contributed by atoms with Crippen LogP contribution in [0.5, 0.6) is 0 Å². The molecule has 0 N–H and O–H groups in total. The minimum absolute atomic E-state index is 0.271. The third-order valence-electron chi connectivity index (χ3n) is 3.83. The number of methoxy groups -OCH3 is 1. The molecule has 1 aromatic carbocycles. The quantitative estimate of drug-likeness (QED) is 0.688. The van der Waals surface area contributed by atoms with Crippen LogP contribution in [0.2, 0.25) is 0 Å². The van der Waals surface area contributed by atoms with Gasteiger partial charge in [-0.25, -0.2) is 8.42 Å². The lowest BCUT2D eigenvalue weighted by Gasteiger charge is -2.22. The molecule has 6 heteroatoms. The fourth-order valence-corrected chi connectivity index (χ4v) is 4.00. The number of nitrogens with zero attached hydrogens (tertiary/aromatic N) is 2. The Balaban J connectivity index is 2.24. The van der Waals surface area contributed by atoms with Crippen molar-refractivity contribution in [2.24, 2.45) is 5.92 Å². The number of ether oxygens (including phenoxy) is 1. The van der Waals surface area contributed by atoms with E-state index < -0.39 is 10.0 Å². The Labute approximate surface area is 150 Å². The molecule has 0 atom stereocenters. The monoisotopic (exact) mass is 362 g/mol. The van der Waals surface area contributed by atoms with Crippen molar-refractivity contribution in [3.63, 3.8) is 0 Å². The van der Waals surface area contributed by atoms with Crippen molar-refractivity contribution in [1.29, 1.82) is 0 Å². The number of rotatable bonds is 9. The molecule has 0 bridgehead atoms. The second-order valence-corrected chi connectivity index (χ2v) is 8.37. The van der Waals surface area contributed by atoms with E-state index in [1.165, 1.54) is 4.31 Å². The molecule has 0 aliphatic heterocycles. The highest BCUT2D eigenvalue weighted by molar-refractivity contribution is 7.89. The number of benzene rings is 1. The summed E-state index contributed by atoms with van der Waals surface area (Å²) in [7, 11) is -2.03. The van der Waals surface area contributed by atoms with Crippen LogP contribution in [0.15, 0.2) is 53.7 Å². The molecular formula is C19H26N2O3S. The smallest absolute Gasteiger partial charge is 0.243 e. The molecular weight excluding hydrogens is 336 g/mol. The van der Waals surface area contributed by atoms with E-state index in [0.717, 1.165) is 17.5 Å². The van der Waals surface area contributed by atoms with E-state index in [1.807, 2.05) is 18.2 Å². The van der Waals surface area contributed by atoms with Crippen LogP contribution in [0.25, 0.3) is 0 Å². The van der Waals surface area contributed by atoms with Crippen LogP contribution in [0, 0.1) is 5.92 Å². The molecule has 25 heavy (non-hydrogen) atoms. The number of aromatic nitrogens is 1. The van der Waals surface area contributed by atoms with Crippen LogP contribution >= 0.6 is 0 Å². The summed E-state index contributed by atoms with van der Waals surface area (Å²) in [5, 5.41) is 0. The van der Waals surface area contributed by atoms with Gasteiger partial charge in [0.15, 0.2) is 0 Å². The Morgan fingerprint density at radius 2 is 1.84 bits per heavy atom. The maximum atomic E-state index is 13.0. The van der Waals surface area contributed by atoms with E-state index in [2.05, 4.69) is 18.8 Å². The Bertz CT molecular complexity index is 744. The van der Waals surface area contributed by atoms with Crippen molar-refractivity contribution in [3.8, 4) is 0 Å². The SMILES string of the molecule is COCCN(Cc1cccnc1)S(=O)(=O)c1ccc(CC(C)C)cc1. The van der Waals surface area contributed by atoms with Crippen LogP contribution in [-0.4, -0.2) is 38.0 Å². The lowest BCUT2D eigenvalue weighted by Crippen LogP contribution is -2.33. The molecule has 1 aromatic heterocycles. The molecule has 2 aromatic rings. The lowest BCUT2D eigenvalue weighted by atomic mass is 10.0. The van der Waals surface area contributed by atoms with Crippen LogP contribution in [0.4, 0.5) is 0 Å². The van der Waals surface area contributed by atoms with Crippen LogP contribution < -0.4 is 0 Å². The van der Waals surface area contributed by atoms with Crippen molar-refractivity contribution in [2.75, 3.05) is 20.3 Å². The van der Waals surface area contributed by atoms with Crippen LogP contribution in [0.3, 0.4) is 0 Å². The molecule has 1 heterocycles. The molecule has 5 nitrogen and oxygen atoms in total. The fourth-order valence-electron chi connectivity index (χ4n) is 2.59. The molecule has 0 saturated heterocycles. The van der Waals surface area contributed by atoms with Gasteiger partial charge in [0.25, 0.3) is 0 Å². The summed E-state index contributed by atoms with van der Waals surface area (Å²) < 4.78 is 32.6. The first-order chi connectivity index (χ1) is 11.9. The van der Waals surface area contributed by atoms with Gasteiger partial charge in [-0.05, 0) is 41.7 Å². The number of pyridine rings is 1. The third kappa shape index (κ3) is 5.63. The predicted molar refractivity (Wildman–Crippen MR) is 98.7 cm³/mol. The number of sulfonamides is 1. The normalized spacial score (nSPS) is 12.0. The summed E-state index contributed by atoms with van der Waals surface area (Å²) in [6.07, 6.45) is 4.29. The highest BCUT2D eigenvalue weighted by atomic mass is 32.2. The Hall–Kier alpha value is -1.76. The van der Waals surface area contributed by atoms with E-state index in [-0.39, 0.29) is 6.54 Å². The topological polar surface area (TPSA) is 59.5 Å². The van der Waals surface area contributed by atoms with Crippen LogP contribution in [0.1, 0.15) is 25.0 Å². The highest BCUT2D eigenvalue weighted by Crippen LogP contribution is 2.20. The Morgan fingerprint density at radius 1 is 1.12 bits per heavy atom. The molecule has 0 amide bonds. The molecule has 136 valence electrons. The Kier molecular flexibility index (Phi) is 7.11. The molecule has 0 saturated carbocycles. The largest absolute Gasteiger partial charge is 0.383 e. The van der Waals surface area contributed by atoms with Gasteiger partial charge in [0.2, 0.25) is 10.0 Å². The van der Waals surface area contributed by atoms with Gasteiger partial charge in [-0.2, -0.15) is 4.31 Å². The van der Waals surface area contributed by atoms with Crippen molar-refractivity contribution in [3.05, 3.63) is 59.9 Å². The standard InChI is InChI=1S/C19H26N2O3S/c1-16(2)13-17-6-8-19(9-7-17)25(22,23)21(11-12-24-3)15-18-5-4-10-20-14-18/h4-10,14,16H,11-13,15H2,1-3H3. The third-order valence-corrected chi connectivity index (χ3v) is 5.69. The lowest BCUT2D eigenvalue weighted by molar-refractivity contribution is 0.177. The first kappa shape index (κ1) is 19.6. The maximum absolute atomic E-state index is 13.0. The van der Waals surface area contributed by atoms with Crippen molar-refractivity contribution < 1.29 is 13.2 Å². The van der Waals surface area contributed by atoms with Gasteiger partial charge in [0.05, 0.1) is 11.5 Å². The van der Waals surface area contributed by atoms with E-state index in [1.54, 1.807) is 37.7 Å². The zero-order valence-electron chi connectivity index (χ0n) is 15.1. The Morgan fingerprint density at radius 3 is 2.40 bits per heavy atom. The second kappa shape index (κ2) is 9.08.